The number of nitrogens with one attached hydrogen (secondary N) is 2. The number of thioether (sulfide) groups is 1. The highest BCUT2D eigenvalue weighted by atomic mass is 127. The van der Waals surface area contributed by atoms with Gasteiger partial charge < -0.3 is 15.5 Å². The minimum atomic E-state index is -0.282. The second-order valence-electron chi connectivity index (χ2n) is 6.62. The molecule has 0 saturated heterocycles. The van der Waals surface area contributed by atoms with Crippen LogP contribution in [0.3, 0.4) is 0 Å². The van der Waals surface area contributed by atoms with Gasteiger partial charge in [-0.15, -0.1) is 24.0 Å². The lowest BCUT2D eigenvalue weighted by Gasteiger charge is -2.27. The molecule has 1 aromatic rings. The molecule has 8 heteroatoms. The third kappa shape index (κ3) is 9.07. The SMILES string of the molecule is CSCCNC(=NCC(=O)N(C)C)NCC(C)(C)c1cccc(F)c1.I. The largest absolute Gasteiger partial charge is 0.356 e. The minimum Gasteiger partial charge on any atom is -0.356 e. The van der Waals surface area contributed by atoms with Gasteiger partial charge in [-0.25, -0.2) is 9.38 Å². The number of likely N-dealkylation sites (N-methyl/N-ethyl adjacent to an activating group) is 1. The number of hydrogen-bond acceptors (Lipinski definition) is 3. The molecule has 0 fully saturated rings. The number of guanidine groups is 1. The van der Waals surface area contributed by atoms with Gasteiger partial charge in [-0.1, -0.05) is 26.0 Å². The third-order valence-electron chi connectivity index (χ3n) is 3.77. The highest BCUT2D eigenvalue weighted by Crippen LogP contribution is 2.22. The van der Waals surface area contributed by atoms with Crippen molar-refractivity contribution in [2.24, 2.45) is 4.99 Å². The van der Waals surface area contributed by atoms with E-state index in [2.05, 4.69) is 15.6 Å². The van der Waals surface area contributed by atoms with Gasteiger partial charge in [0.15, 0.2) is 5.96 Å². The lowest BCUT2D eigenvalue weighted by molar-refractivity contribution is -0.127. The average molecular weight is 496 g/mol. The number of rotatable bonds is 8. The molecule has 1 aromatic carbocycles. The van der Waals surface area contributed by atoms with Gasteiger partial charge in [0, 0.05) is 38.4 Å². The Hall–Kier alpha value is -1.03. The van der Waals surface area contributed by atoms with Gasteiger partial charge in [-0.3, -0.25) is 4.79 Å². The van der Waals surface area contributed by atoms with Crippen molar-refractivity contribution in [2.75, 3.05) is 45.7 Å². The fourth-order valence-electron chi connectivity index (χ4n) is 2.05. The predicted octanol–water partition coefficient (Wildman–Crippen LogP) is 2.71. The van der Waals surface area contributed by atoms with Crippen LogP contribution >= 0.6 is 35.7 Å². The van der Waals surface area contributed by atoms with Crippen LogP contribution in [0.5, 0.6) is 0 Å². The molecular formula is C18H30FIN4OS. The van der Waals surface area contributed by atoms with Gasteiger partial charge >= 0.3 is 0 Å². The summed E-state index contributed by atoms with van der Waals surface area (Å²) in [6, 6.07) is 6.62. The maximum Gasteiger partial charge on any atom is 0.243 e. The zero-order valence-electron chi connectivity index (χ0n) is 16.1. The van der Waals surface area contributed by atoms with Crippen LogP contribution in [-0.4, -0.2) is 62.5 Å². The number of halogens is 2. The van der Waals surface area contributed by atoms with Crippen LogP contribution in [0.4, 0.5) is 4.39 Å². The Bertz CT molecular complexity index is 596. The summed E-state index contributed by atoms with van der Waals surface area (Å²) in [6.07, 6.45) is 2.04. The molecule has 0 aromatic heterocycles. The van der Waals surface area contributed by atoms with E-state index in [1.807, 2.05) is 26.2 Å². The monoisotopic (exact) mass is 496 g/mol. The van der Waals surface area contributed by atoms with Gasteiger partial charge in [-0.2, -0.15) is 11.8 Å². The van der Waals surface area contributed by atoms with E-state index in [1.165, 1.54) is 11.0 Å². The highest BCUT2D eigenvalue weighted by Gasteiger charge is 2.21. The number of carbonyl (C=O) groups is 1. The molecule has 0 saturated carbocycles. The summed E-state index contributed by atoms with van der Waals surface area (Å²) in [6.45, 7) is 5.49. The number of carbonyl (C=O) groups excluding carboxylic acids is 1. The molecule has 0 bridgehead atoms. The summed E-state index contributed by atoms with van der Waals surface area (Å²) < 4.78 is 13.5. The minimum absolute atomic E-state index is 0. The zero-order chi connectivity index (χ0) is 18.9. The van der Waals surface area contributed by atoms with Crippen molar-refractivity contribution in [3.63, 3.8) is 0 Å². The third-order valence-corrected chi connectivity index (χ3v) is 4.39. The van der Waals surface area contributed by atoms with E-state index in [-0.39, 0.29) is 47.7 Å². The molecule has 0 spiro atoms. The van der Waals surface area contributed by atoms with Gasteiger partial charge in [-0.05, 0) is 24.0 Å². The molecule has 26 heavy (non-hydrogen) atoms. The maximum absolute atomic E-state index is 13.5. The van der Waals surface area contributed by atoms with Gasteiger partial charge in [0.25, 0.3) is 0 Å². The van der Waals surface area contributed by atoms with Crippen molar-refractivity contribution in [1.82, 2.24) is 15.5 Å². The topological polar surface area (TPSA) is 56.7 Å². The highest BCUT2D eigenvalue weighted by molar-refractivity contribution is 14.0. The molecule has 0 radical (unpaired) electrons. The Balaban J connectivity index is 0.00000625. The van der Waals surface area contributed by atoms with E-state index < -0.39 is 0 Å². The Morgan fingerprint density at radius 3 is 2.58 bits per heavy atom. The molecule has 1 amide bonds. The Morgan fingerprint density at radius 2 is 2.00 bits per heavy atom. The van der Waals surface area contributed by atoms with Crippen LogP contribution < -0.4 is 10.6 Å². The quantitative estimate of drug-likeness (QED) is 0.252. The first-order valence-corrected chi connectivity index (χ1v) is 9.63. The smallest absolute Gasteiger partial charge is 0.243 e. The van der Waals surface area contributed by atoms with E-state index in [4.69, 9.17) is 0 Å². The molecule has 0 heterocycles. The van der Waals surface area contributed by atoms with Gasteiger partial charge in [0.05, 0.1) is 0 Å². The van der Waals surface area contributed by atoms with Crippen molar-refractivity contribution < 1.29 is 9.18 Å². The Morgan fingerprint density at radius 1 is 1.31 bits per heavy atom. The second-order valence-corrected chi connectivity index (χ2v) is 7.61. The lowest BCUT2D eigenvalue weighted by atomic mass is 9.84. The molecule has 2 N–H and O–H groups in total. The van der Waals surface area contributed by atoms with Crippen molar-refractivity contribution in [3.8, 4) is 0 Å². The summed E-state index contributed by atoms with van der Waals surface area (Å²) in [4.78, 5) is 17.6. The van der Waals surface area contributed by atoms with E-state index >= 15 is 0 Å². The maximum atomic E-state index is 13.5. The molecule has 0 aliphatic rings. The lowest BCUT2D eigenvalue weighted by Crippen LogP contribution is -2.44. The van der Waals surface area contributed by atoms with Crippen LogP contribution in [0.2, 0.25) is 0 Å². The van der Waals surface area contributed by atoms with Crippen LogP contribution in [0.15, 0.2) is 29.3 Å². The van der Waals surface area contributed by atoms with Crippen LogP contribution in [0, 0.1) is 5.82 Å². The average Bonchev–Trinajstić information content (AvgIpc) is 2.56. The van der Waals surface area contributed by atoms with Gasteiger partial charge in [0.2, 0.25) is 5.91 Å². The number of nitrogens with zero attached hydrogens (tertiary/aromatic N) is 2. The van der Waals surface area contributed by atoms with E-state index in [0.29, 0.717) is 12.5 Å². The summed E-state index contributed by atoms with van der Waals surface area (Å²) in [5.41, 5.74) is 0.628. The first-order chi connectivity index (χ1) is 11.8. The Labute approximate surface area is 177 Å². The van der Waals surface area contributed by atoms with Crippen molar-refractivity contribution in [3.05, 3.63) is 35.6 Å². The molecular weight excluding hydrogens is 466 g/mol. The summed E-state index contributed by atoms with van der Waals surface area (Å²) in [7, 11) is 3.42. The number of hydrogen-bond donors (Lipinski definition) is 2. The van der Waals surface area contributed by atoms with Crippen molar-refractivity contribution >= 4 is 47.6 Å². The molecule has 1 rings (SSSR count). The van der Waals surface area contributed by atoms with Gasteiger partial charge in [0.1, 0.15) is 12.4 Å². The number of aliphatic imine (C=N–C) groups is 1. The van der Waals surface area contributed by atoms with E-state index in [0.717, 1.165) is 17.9 Å². The van der Waals surface area contributed by atoms with Crippen LogP contribution in [-0.2, 0) is 10.2 Å². The fraction of sp³-hybridized carbons (Fsp3) is 0.556. The first kappa shape index (κ1) is 25.0. The molecule has 0 atom stereocenters. The second kappa shape index (κ2) is 12.4. The van der Waals surface area contributed by atoms with Crippen molar-refractivity contribution in [1.29, 1.82) is 0 Å². The summed E-state index contributed by atoms with van der Waals surface area (Å²) in [5.74, 6) is 1.23. The van der Waals surface area contributed by atoms with Crippen LogP contribution in [0.25, 0.3) is 0 Å². The van der Waals surface area contributed by atoms with Crippen molar-refractivity contribution in [2.45, 2.75) is 19.3 Å². The first-order valence-electron chi connectivity index (χ1n) is 8.23. The normalized spacial score (nSPS) is 11.5. The number of benzene rings is 1. The molecule has 0 aliphatic heterocycles. The standard InChI is InChI=1S/C18H29FN4OS.HI/c1-18(2,14-7-6-8-15(19)11-14)13-22-17(20-9-10-25-5)21-12-16(24)23(3)4;/h6-8,11H,9-10,12-13H2,1-5H3,(H2,20,21,22);1H. The number of amides is 1. The summed E-state index contributed by atoms with van der Waals surface area (Å²) >= 11 is 1.73. The van der Waals surface area contributed by atoms with E-state index in [9.17, 15) is 9.18 Å². The molecule has 5 nitrogen and oxygen atoms in total. The fourth-order valence-corrected chi connectivity index (χ4v) is 2.36. The molecule has 0 aliphatic carbocycles. The Kier molecular flexibility index (Phi) is 11.9. The van der Waals surface area contributed by atoms with E-state index in [1.54, 1.807) is 38.0 Å². The summed E-state index contributed by atoms with van der Waals surface area (Å²) in [5, 5.41) is 6.49. The zero-order valence-corrected chi connectivity index (χ0v) is 19.3. The van der Waals surface area contributed by atoms with Crippen LogP contribution in [0.1, 0.15) is 19.4 Å². The molecule has 148 valence electrons. The molecule has 0 unspecified atom stereocenters. The predicted molar refractivity (Wildman–Crippen MR) is 120 cm³/mol.